The Balaban J connectivity index is 2.10. The van der Waals surface area contributed by atoms with Crippen LogP contribution in [-0.2, 0) is 14.6 Å². The molecule has 0 aromatic heterocycles. The van der Waals surface area contributed by atoms with Gasteiger partial charge in [-0.15, -0.1) is 0 Å². The molecule has 1 aromatic carbocycles. The minimum absolute atomic E-state index is 0.146. The number of carbonyl (C=O) groups excluding carboxylic acids is 1. The van der Waals surface area contributed by atoms with Gasteiger partial charge in [-0.1, -0.05) is 18.2 Å². The van der Waals surface area contributed by atoms with E-state index in [1.807, 2.05) is 6.92 Å². The normalized spacial score (nSPS) is 20.3. The van der Waals surface area contributed by atoms with Crippen LogP contribution in [-0.4, -0.2) is 37.6 Å². The predicted molar refractivity (Wildman–Crippen MR) is 73.5 cm³/mol. The van der Waals surface area contributed by atoms with Gasteiger partial charge in [-0.2, -0.15) is 0 Å². The van der Waals surface area contributed by atoms with Crippen molar-refractivity contribution in [2.45, 2.75) is 37.1 Å². The Kier molecular flexibility index (Phi) is 4.24. The van der Waals surface area contributed by atoms with Gasteiger partial charge < -0.3 is 4.90 Å². The van der Waals surface area contributed by atoms with E-state index in [0.717, 1.165) is 19.3 Å². The Hall–Kier alpha value is -1.36. The summed E-state index contributed by atoms with van der Waals surface area (Å²) >= 11 is 0. The molecule has 4 nitrogen and oxygen atoms in total. The first kappa shape index (κ1) is 14.1. The molecule has 1 fully saturated rings. The van der Waals surface area contributed by atoms with Crippen LogP contribution in [0.2, 0.25) is 0 Å². The van der Waals surface area contributed by atoms with Crippen molar-refractivity contribution in [3.05, 3.63) is 30.3 Å². The van der Waals surface area contributed by atoms with Crippen LogP contribution >= 0.6 is 0 Å². The first-order valence-electron chi connectivity index (χ1n) is 6.58. The van der Waals surface area contributed by atoms with E-state index in [0.29, 0.717) is 6.54 Å². The van der Waals surface area contributed by atoms with Gasteiger partial charge in [0.15, 0.2) is 9.84 Å². The monoisotopic (exact) mass is 281 g/mol. The van der Waals surface area contributed by atoms with Crippen LogP contribution in [0.25, 0.3) is 0 Å². The maximum absolute atomic E-state index is 12.1. The van der Waals surface area contributed by atoms with Gasteiger partial charge >= 0.3 is 0 Å². The molecule has 104 valence electrons. The van der Waals surface area contributed by atoms with Crippen molar-refractivity contribution in [1.82, 2.24) is 4.90 Å². The Labute approximate surface area is 114 Å². The molecule has 0 bridgehead atoms. The van der Waals surface area contributed by atoms with Gasteiger partial charge in [0.05, 0.1) is 4.90 Å². The van der Waals surface area contributed by atoms with Crippen LogP contribution in [0.5, 0.6) is 0 Å². The van der Waals surface area contributed by atoms with E-state index in [1.54, 1.807) is 23.1 Å². The van der Waals surface area contributed by atoms with Crippen molar-refractivity contribution in [3.8, 4) is 0 Å². The van der Waals surface area contributed by atoms with Crippen molar-refractivity contribution in [2.24, 2.45) is 0 Å². The van der Waals surface area contributed by atoms with Crippen molar-refractivity contribution in [3.63, 3.8) is 0 Å². The largest absolute Gasteiger partial charge is 0.339 e. The van der Waals surface area contributed by atoms with E-state index in [2.05, 4.69) is 0 Å². The molecule has 0 spiro atoms. The van der Waals surface area contributed by atoms with Gasteiger partial charge in [-0.05, 0) is 38.3 Å². The van der Waals surface area contributed by atoms with E-state index < -0.39 is 15.6 Å². The van der Waals surface area contributed by atoms with E-state index in [-0.39, 0.29) is 16.8 Å². The zero-order chi connectivity index (χ0) is 13.9. The number of hydrogen-bond donors (Lipinski definition) is 0. The molecule has 0 aliphatic carbocycles. The second kappa shape index (κ2) is 5.74. The molecule has 1 atom stereocenters. The fourth-order valence-electron chi connectivity index (χ4n) is 2.43. The van der Waals surface area contributed by atoms with Gasteiger partial charge in [-0.25, -0.2) is 8.42 Å². The quantitative estimate of drug-likeness (QED) is 0.850. The average molecular weight is 281 g/mol. The minimum atomic E-state index is -3.52. The zero-order valence-corrected chi connectivity index (χ0v) is 11.9. The summed E-state index contributed by atoms with van der Waals surface area (Å²) in [6, 6.07) is 8.30. The molecular weight excluding hydrogens is 262 g/mol. The predicted octanol–water partition coefficient (Wildman–Crippen LogP) is 1.86. The number of nitrogens with zero attached hydrogens (tertiary/aromatic N) is 1. The van der Waals surface area contributed by atoms with Crippen molar-refractivity contribution in [1.29, 1.82) is 0 Å². The van der Waals surface area contributed by atoms with Gasteiger partial charge in [0.2, 0.25) is 5.91 Å². The molecule has 1 aliphatic heterocycles. The number of benzene rings is 1. The third-order valence-electron chi connectivity index (χ3n) is 3.54. The van der Waals surface area contributed by atoms with E-state index >= 15 is 0 Å². The average Bonchev–Trinajstić information content (AvgIpc) is 2.39. The molecule has 2 rings (SSSR count). The number of piperidine rings is 1. The van der Waals surface area contributed by atoms with Crippen LogP contribution in [0.3, 0.4) is 0 Å². The highest BCUT2D eigenvalue weighted by Gasteiger charge is 2.27. The minimum Gasteiger partial charge on any atom is -0.339 e. The van der Waals surface area contributed by atoms with E-state index in [4.69, 9.17) is 0 Å². The molecule has 0 radical (unpaired) electrons. The highest BCUT2D eigenvalue weighted by atomic mass is 32.2. The van der Waals surface area contributed by atoms with E-state index in [9.17, 15) is 13.2 Å². The van der Waals surface area contributed by atoms with Crippen molar-refractivity contribution in [2.75, 3.05) is 12.3 Å². The number of sulfone groups is 1. The van der Waals surface area contributed by atoms with Crippen LogP contribution in [0, 0.1) is 0 Å². The maximum Gasteiger partial charge on any atom is 0.238 e. The van der Waals surface area contributed by atoms with E-state index in [1.165, 1.54) is 12.1 Å². The lowest BCUT2D eigenvalue weighted by atomic mass is 10.0. The van der Waals surface area contributed by atoms with Crippen LogP contribution in [0.15, 0.2) is 35.2 Å². The third kappa shape index (κ3) is 3.35. The highest BCUT2D eigenvalue weighted by molar-refractivity contribution is 7.92. The number of likely N-dealkylation sites (tertiary alicyclic amines) is 1. The van der Waals surface area contributed by atoms with Crippen LogP contribution < -0.4 is 0 Å². The summed E-state index contributed by atoms with van der Waals surface area (Å²) in [4.78, 5) is 14.1. The number of rotatable bonds is 3. The molecule has 1 saturated heterocycles. The molecule has 19 heavy (non-hydrogen) atoms. The van der Waals surface area contributed by atoms with Crippen molar-refractivity contribution < 1.29 is 13.2 Å². The topological polar surface area (TPSA) is 54.5 Å². The summed E-state index contributed by atoms with van der Waals surface area (Å²) in [6.45, 7) is 2.65. The molecule has 5 heteroatoms. The first-order chi connectivity index (χ1) is 9.00. The molecule has 0 N–H and O–H groups in total. The molecule has 1 aromatic rings. The van der Waals surface area contributed by atoms with Gasteiger partial charge in [0.25, 0.3) is 0 Å². The SMILES string of the molecule is CC1CCCCN1C(=O)CS(=O)(=O)c1ccccc1. The molecule has 0 saturated carbocycles. The number of hydrogen-bond acceptors (Lipinski definition) is 3. The number of carbonyl (C=O) groups is 1. The maximum atomic E-state index is 12.1. The van der Waals surface area contributed by atoms with Crippen molar-refractivity contribution >= 4 is 15.7 Å². The second-order valence-electron chi connectivity index (χ2n) is 5.00. The molecular formula is C14H19NO3S. The Morgan fingerprint density at radius 3 is 2.58 bits per heavy atom. The summed E-state index contributed by atoms with van der Waals surface area (Å²) < 4.78 is 24.3. The third-order valence-corrected chi connectivity index (χ3v) is 5.16. The lowest BCUT2D eigenvalue weighted by molar-refractivity contribution is -0.131. The number of amides is 1. The standard InChI is InChI=1S/C14H19NO3S/c1-12-7-5-6-10-15(12)14(16)11-19(17,18)13-8-3-2-4-9-13/h2-4,8-9,12H,5-7,10-11H2,1H3. The molecule has 1 heterocycles. The fraction of sp³-hybridized carbons (Fsp3) is 0.500. The molecule has 1 unspecified atom stereocenters. The van der Waals surface area contributed by atoms with Gasteiger partial charge in [0.1, 0.15) is 5.75 Å². The zero-order valence-electron chi connectivity index (χ0n) is 11.1. The highest BCUT2D eigenvalue weighted by Crippen LogP contribution is 2.18. The second-order valence-corrected chi connectivity index (χ2v) is 6.99. The van der Waals surface area contributed by atoms with Crippen LogP contribution in [0.1, 0.15) is 26.2 Å². The molecule has 1 amide bonds. The fourth-order valence-corrected chi connectivity index (χ4v) is 3.65. The molecule has 1 aliphatic rings. The lowest BCUT2D eigenvalue weighted by Gasteiger charge is -2.33. The smallest absolute Gasteiger partial charge is 0.238 e. The van der Waals surface area contributed by atoms with Gasteiger partial charge in [-0.3, -0.25) is 4.79 Å². The van der Waals surface area contributed by atoms with Gasteiger partial charge in [0, 0.05) is 12.6 Å². The summed E-state index contributed by atoms with van der Waals surface area (Å²) in [5.74, 6) is -0.711. The first-order valence-corrected chi connectivity index (χ1v) is 8.23. The lowest BCUT2D eigenvalue weighted by Crippen LogP contribution is -2.44. The Morgan fingerprint density at radius 2 is 1.95 bits per heavy atom. The van der Waals surface area contributed by atoms with Crippen LogP contribution in [0.4, 0.5) is 0 Å². The summed E-state index contributed by atoms with van der Waals surface area (Å²) in [5, 5.41) is 0. The Bertz CT molecular complexity index is 539. The summed E-state index contributed by atoms with van der Waals surface area (Å²) in [6.07, 6.45) is 3.02. The summed E-state index contributed by atoms with van der Waals surface area (Å²) in [7, 11) is -3.52. The summed E-state index contributed by atoms with van der Waals surface area (Å²) in [5.41, 5.74) is 0. The Morgan fingerprint density at radius 1 is 1.26 bits per heavy atom.